The SMILES string of the molecule is O=C(O)CC1CCC(N2CCN(C(=O)COC(=O)N3CCC(N4CCc5ccccc5NC4=O)CC3)CC2)CC1. The molecule has 0 unspecified atom stereocenters. The lowest BCUT2D eigenvalue weighted by molar-refractivity contribution is -0.138. The molecule has 1 aliphatic carbocycles. The van der Waals surface area contributed by atoms with Crippen molar-refractivity contribution in [2.45, 2.75) is 63.5 Å². The normalized spacial score (nSPS) is 24.6. The number of hydrogen-bond acceptors (Lipinski definition) is 6. The first-order valence-corrected chi connectivity index (χ1v) is 14.7. The number of aliphatic carboxylic acids is 1. The molecule has 3 aliphatic heterocycles. The molecule has 2 N–H and O–H groups in total. The standard InChI is InChI=1S/C29H41N5O6/c35-26(32-17-15-31(16-18-32)23-7-5-21(6-8-23)19-27(36)37)20-40-29(39)33-12-10-24(11-13-33)34-14-9-22-3-1-2-4-25(22)30-28(34)38/h1-4,21,23-24H,5-20H2,(H,30,38)(H,36,37). The lowest BCUT2D eigenvalue weighted by Gasteiger charge is -2.42. The van der Waals surface area contributed by atoms with Crippen LogP contribution in [0, 0.1) is 5.92 Å². The lowest BCUT2D eigenvalue weighted by Crippen LogP contribution is -2.53. The van der Waals surface area contributed by atoms with Gasteiger partial charge < -0.3 is 29.9 Å². The number of carboxylic acid groups (broad SMARTS) is 1. The molecular weight excluding hydrogens is 514 g/mol. The second kappa shape index (κ2) is 12.9. The molecule has 11 nitrogen and oxygen atoms in total. The van der Waals surface area contributed by atoms with Gasteiger partial charge in [-0.25, -0.2) is 9.59 Å². The van der Waals surface area contributed by atoms with Gasteiger partial charge in [-0.3, -0.25) is 14.5 Å². The van der Waals surface area contributed by atoms with Crippen LogP contribution in [-0.2, 0) is 20.7 Å². The largest absolute Gasteiger partial charge is 0.481 e. The second-order valence-electron chi connectivity index (χ2n) is 11.5. The minimum absolute atomic E-state index is 0.0588. The zero-order valence-corrected chi connectivity index (χ0v) is 23.1. The summed E-state index contributed by atoms with van der Waals surface area (Å²) in [5, 5.41) is 12.0. The zero-order chi connectivity index (χ0) is 28.1. The first-order valence-electron chi connectivity index (χ1n) is 14.7. The Hall–Kier alpha value is -3.34. The van der Waals surface area contributed by atoms with Gasteiger partial charge in [-0.2, -0.15) is 0 Å². The predicted molar refractivity (Wildman–Crippen MR) is 148 cm³/mol. The zero-order valence-electron chi connectivity index (χ0n) is 23.1. The van der Waals surface area contributed by atoms with Crippen LogP contribution in [0.3, 0.4) is 0 Å². The van der Waals surface area contributed by atoms with Crippen LogP contribution in [0.25, 0.3) is 0 Å². The molecule has 2 saturated heterocycles. The number of rotatable bonds is 6. The number of carbonyl (C=O) groups is 4. The highest BCUT2D eigenvalue weighted by Gasteiger charge is 2.33. The Balaban J connectivity index is 0.994. The average molecular weight is 556 g/mol. The van der Waals surface area contributed by atoms with Crippen molar-refractivity contribution in [2.24, 2.45) is 5.92 Å². The van der Waals surface area contributed by atoms with E-state index in [0.29, 0.717) is 51.6 Å². The van der Waals surface area contributed by atoms with Crippen LogP contribution in [0.1, 0.15) is 50.5 Å². The molecule has 0 bridgehead atoms. The molecule has 4 amide bonds. The number of piperidine rings is 1. The highest BCUT2D eigenvalue weighted by atomic mass is 16.6. The maximum atomic E-state index is 12.8. The topological polar surface area (TPSA) is 123 Å². The van der Waals surface area contributed by atoms with Crippen LogP contribution in [0.15, 0.2) is 24.3 Å². The van der Waals surface area contributed by atoms with E-state index in [2.05, 4.69) is 10.2 Å². The number of piperazine rings is 1. The highest BCUT2D eigenvalue weighted by molar-refractivity contribution is 5.91. The van der Waals surface area contributed by atoms with Crippen molar-refractivity contribution in [3.8, 4) is 0 Å². The van der Waals surface area contributed by atoms with Crippen LogP contribution in [-0.4, -0.2) is 113 Å². The number of benzene rings is 1. The number of nitrogens with one attached hydrogen (secondary N) is 1. The van der Waals surface area contributed by atoms with Gasteiger partial charge in [-0.05, 0) is 62.5 Å². The first-order chi connectivity index (χ1) is 19.4. The number of urea groups is 1. The Kier molecular flexibility index (Phi) is 9.08. The third kappa shape index (κ3) is 6.86. The third-order valence-electron chi connectivity index (χ3n) is 9.09. The maximum absolute atomic E-state index is 12.8. The number of fused-ring (bicyclic) bond motifs is 1. The van der Waals surface area contributed by atoms with Gasteiger partial charge in [0.05, 0.1) is 0 Å². The van der Waals surface area contributed by atoms with Gasteiger partial charge in [0.1, 0.15) is 0 Å². The molecular formula is C29H41N5O6. The van der Waals surface area contributed by atoms with Crippen molar-refractivity contribution < 1.29 is 29.0 Å². The summed E-state index contributed by atoms with van der Waals surface area (Å²) in [5.74, 6) is -0.605. The maximum Gasteiger partial charge on any atom is 0.410 e. The number of amides is 4. The van der Waals surface area contributed by atoms with E-state index in [0.717, 1.165) is 56.4 Å². The highest BCUT2D eigenvalue weighted by Crippen LogP contribution is 2.30. The number of nitrogens with zero attached hydrogens (tertiary/aromatic N) is 4. The number of likely N-dealkylation sites (tertiary alicyclic amines) is 1. The fraction of sp³-hybridized carbons (Fsp3) is 0.655. The Morgan fingerprint density at radius 3 is 2.25 bits per heavy atom. The molecule has 5 rings (SSSR count). The van der Waals surface area contributed by atoms with Crippen molar-refractivity contribution in [2.75, 3.05) is 57.7 Å². The fourth-order valence-electron chi connectivity index (χ4n) is 6.70. The lowest BCUT2D eigenvalue weighted by atomic mass is 9.83. The molecule has 3 fully saturated rings. The number of carboxylic acids is 1. The molecule has 1 aromatic carbocycles. The number of hydrogen-bond donors (Lipinski definition) is 2. The van der Waals surface area contributed by atoms with E-state index in [4.69, 9.17) is 9.84 Å². The minimum Gasteiger partial charge on any atom is -0.481 e. The Labute approximate surface area is 235 Å². The van der Waals surface area contributed by atoms with E-state index in [9.17, 15) is 19.2 Å². The van der Waals surface area contributed by atoms with Gasteiger partial charge in [0, 0.05) is 70.0 Å². The van der Waals surface area contributed by atoms with Crippen molar-refractivity contribution in [1.29, 1.82) is 0 Å². The van der Waals surface area contributed by atoms with E-state index >= 15 is 0 Å². The summed E-state index contributed by atoms with van der Waals surface area (Å²) in [5.41, 5.74) is 1.99. The Bertz CT molecular complexity index is 1070. The predicted octanol–water partition coefficient (Wildman–Crippen LogP) is 2.86. The summed E-state index contributed by atoms with van der Waals surface area (Å²) in [4.78, 5) is 56.9. The summed E-state index contributed by atoms with van der Waals surface area (Å²) in [6.07, 6.45) is 5.84. The van der Waals surface area contributed by atoms with E-state index < -0.39 is 12.1 Å². The van der Waals surface area contributed by atoms with Crippen LogP contribution in [0.4, 0.5) is 15.3 Å². The van der Waals surface area contributed by atoms with Crippen LogP contribution < -0.4 is 5.32 Å². The van der Waals surface area contributed by atoms with Crippen molar-refractivity contribution >= 4 is 29.7 Å². The second-order valence-corrected chi connectivity index (χ2v) is 11.5. The molecule has 0 atom stereocenters. The van der Waals surface area contributed by atoms with Gasteiger partial charge in [-0.1, -0.05) is 18.2 Å². The molecule has 4 aliphatic rings. The molecule has 0 aromatic heterocycles. The van der Waals surface area contributed by atoms with Crippen LogP contribution >= 0.6 is 0 Å². The van der Waals surface area contributed by atoms with Gasteiger partial charge in [0.15, 0.2) is 6.61 Å². The van der Waals surface area contributed by atoms with Gasteiger partial charge in [0.25, 0.3) is 5.91 Å². The van der Waals surface area contributed by atoms with Crippen LogP contribution in [0.5, 0.6) is 0 Å². The average Bonchev–Trinajstić information content (AvgIpc) is 3.14. The summed E-state index contributed by atoms with van der Waals surface area (Å²) < 4.78 is 5.39. The summed E-state index contributed by atoms with van der Waals surface area (Å²) in [7, 11) is 0. The van der Waals surface area contributed by atoms with E-state index in [1.165, 1.54) is 0 Å². The quantitative estimate of drug-likeness (QED) is 0.553. The van der Waals surface area contributed by atoms with Gasteiger partial charge >= 0.3 is 18.1 Å². The van der Waals surface area contributed by atoms with Crippen molar-refractivity contribution in [1.82, 2.24) is 19.6 Å². The summed E-state index contributed by atoms with van der Waals surface area (Å²) in [6.45, 7) is 4.16. The number of ether oxygens (including phenoxy) is 1. The smallest absolute Gasteiger partial charge is 0.410 e. The van der Waals surface area contributed by atoms with Crippen LogP contribution in [0.2, 0.25) is 0 Å². The first kappa shape index (κ1) is 28.2. The van der Waals surface area contributed by atoms with Gasteiger partial charge in [-0.15, -0.1) is 0 Å². The Morgan fingerprint density at radius 2 is 1.55 bits per heavy atom. The summed E-state index contributed by atoms with van der Waals surface area (Å²) >= 11 is 0. The van der Waals surface area contributed by atoms with Crippen molar-refractivity contribution in [3.05, 3.63) is 29.8 Å². The monoisotopic (exact) mass is 555 g/mol. The number of para-hydroxylation sites is 1. The van der Waals surface area contributed by atoms with E-state index in [1.54, 1.807) is 9.80 Å². The number of carbonyl (C=O) groups excluding carboxylic acids is 3. The fourth-order valence-corrected chi connectivity index (χ4v) is 6.70. The molecule has 11 heteroatoms. The van der Waals surface area contributed by atoms with E-state index in [1.807, 2.05) is 29.2 Å². The molecule has 40 heavy (non-hydrogen) atoms. The van der Waals surface area contributed by atoms with E-state index in [-0.39, 0.29) is 36.9 Å². The molecule has 1 aromatic rings. The Morgan fingerprint density at radius 1 is 0.850 bits per heavy atom. The molecule has 0 spiro atoms. The molecule has 218 valence electrons. The molecule has 0 radical (unpaired) electrons. The van der Waals surface area contributed by atoms with Crippen molar-refractivity contribution in [3.63, 3.8) is 0 Å². The third-order valence-corrected chi connectivity index (χ3v) is 9.09. The molecule has 1 saturated carbocycles. The number of anilines is 1. The summed E-state index contributed by atoms with van der Waals surface area (Å²) in [6, 6.07) is 8.28. The minimum atomic E-state index is -0.714. The van der Waals surface area contributed by atoms with Gasteiger partial charge in [0.2, 0.25) is 0 Å². The molecule has 3 heterocycles.